The van der Waals surface area contributed by atoms with E-state index in [0.717, 1.165) is 18.9 Å². The summed E-state index contributed by atoms with van der Waals surface area (Å²) in [6.45, 7) is 3.69. The number of anilines is 1. The lowest BCUT2D eigenvalue weighted by Crippen LogP contribution is -2.43. The number of hydrogen-bond acceptors (Lipinski definition) is 5. The Bertz CT molecular complexity index is 603. The molecular weight excluding hydrogens is 270 g/mol. The van der Waals surface area contributed by atoms with Crippen molar-refractivity contribution in [2.45, 2.75) is 19.1 Å². The standard InChI is InChI=1S/C15H15N3OS/c1-11-8-18(15-3-2-12(6-16)7-17-15)9-14(19-11)13-4-5-20-10-13/h2-5,7,10-11,14H,8-9H2,1H3/t11-,14-/m1/s1. The third-order valence-corrected chi connectivity index (χ3v) is 4.08. The molecule has 5 heteroatoms. The first-order valence-corrected chi connectivity index (χ1v) is 7.49. The zero-order valence-electron chi connectivity index (χ0n) is 11.2. The number of pyridine rings is 1. The largest absolute Gasteiger partial charge is 0.367 e. The minimum Gasteiger partial charge on any atom is -0.367 e. The molecule has 1 saturated heterocycles. The molecule has 1 aliphatic heterocycles. The summed E-state index contributed by atoms with van der Waals surface area (Å²) in [5.74, 6) is 0.902. The maximum absolute atomic E-state index is 8.83. The highest BCUT2D eigenvalue weighted by molar-refractivity contribution is 7.07. The highest BCUT2D eigenvalue weighted by Gasteiger charge is 2.27. The van der Waals surface area contributed by atoms with E-state index in [4.69, 9.17) is 10.00 Å². The molecule has 2 atom stereocenters. The van der Waals surface area contributed by atoms with Crippen LogP contribution in [0.5, 0.6) is 0 Å². The van der Waals surface area contributed by atoms with Crippen molar-refractivity contribution >= 4 is 17.2 Å². The highest BCUT2D eigenvalue weighted by Crippen LogP contribution is 2.28. The predicted octanol–water partition coefficient (Wildman–Crippen LogP) is 2.98. The van der Waals surface area contributed by atoms with E-state index in [0.29, 0.717) is 5.56 Å². The van der Waals surface area contributed by atoms with Gasteiger partial charge in [0.15, 0.2) is 0 Å². The molecule has 0 aliphatic carbocycles. The van der Waals surface area contributed by atoms with Gasteiger partial charge in [0.05, 0.1) is 11.7 Å². The van der Waals surface area contributed by atoms with E-state index >= 15 is 0 Å². The van der Waals surface area contributed by atoms with Gasteiger partial charge in [0.2, 0.25) is 0 Å². The Balaban J connectivity index is 1.80. The van der Waals surface area contributed by atoms with Gasteiger partial charge in [-0.05, 0) is 41.4 Å². The summed E-state index contributed by atoms with van der Waals surface area (Å²) < 4.78 is 6.01. The quantitative estimate of drug-likeness (QED) is 0.851. The van der Waals surface area contributed by atoms with Gasteiger partial charge in [0.25, 0.3) is 0 Å². The molecule has 2 aromatic heterocycles. The topological polar surface area (TPSA) is 49.2 Å². The van der Waals surface area contributed by atoms with Gasteiger partial charge in [-0.15, -0.1) is 0 Å². The summed E-state index contributed by atoms with van der Waals surface area (Å²) in [7, 11) is 0. The van der Waals surface area contributed by atoms with Gasteiger partial charge in [-0.3, -0.25) is 0 Å². The molecule has 3 heterocycles. The van der Waals surface area contributed by atoms with Gasteiger partial charge in [-0.1, -0.05) is 0 Å². The fourth-order valence-corrected chi connectivity index (χ4v) is 3.12. The maximum atomic E-state index is 8.83. The number of ether oxygens (including phenoxy) is 1. The first kappa shape index (κ1) is 13.1. The van der Waals surface area contributed by atoms with Gasteiger partial charge in [-0.25, -0.2) is 4.98 Å². The third-order valence-electron chi connectivity index (χ3n) is 3.38. The molecule has 20 heavy (non-hydrogen) atoms. The lowest BCUT2D eigenvalue weighted by molar-refractivity contribution is -0.0174. The van der Waals surface area contributed by atoms with Crippen LogP contribution in [0.3, 0.4) is 0 Å². The number of rotatable bonds is 2. The molecule has 102 valence electrons. The Kier molecular flexibility index (Phi) is 3.68. The molecule has 1 aliphatic rings. The number of nitrogens with zero attached hydrogens (tertiary/aromatic N) is 3. The van der Waals surface area contributed by atoms with Gasteiger partial charge in [0.1, 0.15) is 18.0 Å². The normalized spacial score (nSPS) is 22.5. The predicted molar refractivity (Wildman–Crippen MR) is 78.8 cm³/mol. The molecule has 0 bridgehead atoms. The lowest BCUT2D eigenvalue weighted by atomic mass is 10.1. The Morgan fingerprint density at radius 1 is 1.40 bits per heavy atom. The molecule has 0 aromatic carbocycles. The van der Waals surface area contributed by atoms with Crippen molar-refractivity contribution in [1.29, 1.82) is 5.26 Å². The second-order valence-corrected chi connectivity index (χ2v) is 5.69. The van der Waals surface area contributed by atoms with Crippen molar-refractivity contribution < 1.29 is 4.74 Å². The van der Waals surface area contributed by atoms with Crippen molar-refractivity contribution in [1.82, 2.24) is 4.98 Å². The monoisotopic (exact) mass is 285 g/mol. The first-order chi connectivity index (χ1) is 9.76. The number of aromatic nitrogens is 1. The minimum atomic E-state index is 0.0856. The van der Waals surface area contributed by atoms with Crippen LogP contribution in [0, 0.1) is 11.3 Å². The summed E-state index contributed by atoms with van der Waals surface area (Å²) in [6, 6.07) is 7.91. The molecule has 0 spiro atoms. The Labute approximate surface area is 122 Å². The van der Waals surface area contributed by atoms with Crippen molar-refractivity contribution in [3.05, 3.63) is 46.3 Å². The zero-order valence-corrected chi connectivity index (χ0v) is 12.0. The van der Waals surface area contributed by atoms with Crippen molar-refractivity contribution in [2.75, 3.05) is 18.0 Å². The molecule has 4 nitrogen and oxygen atoms in total. The lowest BCUT2D eigenvalue weighted by Gasteiger charge is -2.37. The maximum Gasteiger partial charge on any atom is 0.128 e. The van der Waals surface area contributed by atoms with Gasteiger partial charge >= 0.3 is 0 Å². The molecule has 0 unspecified atom stereocenters. The van der Waals surface area contributed by atoms with E-state index in [9.17, 15) is 0 Å². The van der Waals surface area contributed by atoms with Gasteiger partial charge < -0.3 is 9.64 Å². The van der Waals surface area contributed by atoms with Crippen LogP contribution in [-0.2, 0) is 4.74 Å². The summed E-state index contributed by atoms with van der Waals surface area (Å²) >= 11 is 1.69. The Morgan fingerprint density at radius 3 is 2.95 bits per heavy atom. The molecule has 0 saturated carbocycles. The minimum absolute atomic E-state index is 0.0856. The second-order valence-electron chi connectivity index (χ2n) is 4.91. The van der Waals surface area contributed by atoms with Crippen molar-refractivity contribution in [3.8, 4) is 6.07 Å². The van der Waals surface area contributed by atoms with Crippen LogP contribution in [0.4, 0.5) is 5.82 Å². The van der Waals surface area contributed by atoms with Gasteiger partial charge in [0, 0.05) is 19.3 Å². The number of nitriles is 1. The van der Waals surface area contributed by atoms with Crippen molar-refractivity contribution in [3.63, 3.8) is 0 Å². The van der Waals surface area contributed by atoms with Crippen LogP contribution in [0.25, 0.3) is 0 Å². The van der Waals surface area contributed by atoms with Crippen LogP contribution in [0.1, 0.15) is 24.2 Å². The van der Waals surface area contributed by atoms with E-state index in [1.807, 2.05) is 12.1 Å². The van der Waals surface area contributed by atoms with E-state index in [1.165, 1.54) is 5.56 Å². The number of morpholine rings is 1. The van der Waals surface area contributed by atoms with Crippen LogP contribution in [-0.4, -0.2) is 24.2 Å². The molecule has 0 N–H and O–H groups in total. The summed E-state index contributed by atoms with van der Waals surface area (Å²) in [5.41, 5.74) is 1.81. The average molecular weight is 285 g/mol. The summed E-state index contributed by atoms with van der Waals surface area (Å²) in [5, 5.41) is 13.0. The average Bonchev–Trinajstić information content (AvgIpc) is 3.01. The highest BCUT2D eigenvalue weighted by atomic mass is 32.1. The molecular formula is C15H15N3OS. The Morgan fingerprint density at radius 2 is 2.30 bits per heavy atom. The van der Waals surface area contributed by atoms with E-state index in [-0.39, 0.29) is 12.2 Å². The smallest absolute Gasteiger partial charge is 0.128 e. The fourth-order valence-electron chi connectivity index (χ4n) is 2.42. The summed E-state index contributed by atoms with van der Waals surface area (Å²) in [4.78, 5) is 6.59. The van der Waals surface area contributed by atoms with Crippen molar-refractivity contribution in [2.24, 2.45) is 0 Å². The number of thiophene rings is 1. The second kappa shape index (κ2) is 5.61. The molecule has 0 amide bonds. The fraction of sp³-hybridized carbons (Fsp3) is 0.333. The molecule has 1 fully saturated rings. The molecule has 0 radical (unpaired) electrons. The summed E-state index contributed by atoms with van der Waals surface area (Å²) in [6.07, 6.45) is 1.86. The zero-order chi connectivity index (χ0) is 13.9. The van der Waals surface area contributed by atoms with E-state index < -0.39 is 0 Å². The SMILES string of the molecule is C[C@@H]1CN(c2ccc(C#N)cn2)C[C@H](c2ccsc2)O1. The van der Waals surface area contributed by atoms with Crippen LogP contribution in [0.2, 0.25) is 0 Å². The van der Waals surface area contributed by atoms with E-state index in [2.05, 4.69) is 39.7 Å². The van der Waals surface area contributed by atoms with Crippen LogP contribution >= 0.6 is 11.3 Å². The number of hydrogen-bond donors (Lipinski definition) is 0. The molecule has 2 aromatic rings. The van der Waals surface area contributed by atoms with Crippen LogP contribution < -0.4 is 4.90 Å². The Hall–Kier alpha value is -1.90. The third kappa shape index (κ3) is 2.67. The molecule has 3 rings (SSSR count). The first-order valence-electron chi connectivity index (χ1n) is 6.55. The van der Waals surface area contributed by atoms with Gasteiger partial charge in [-0.2, -0.15) is 16.6 Å². The van der Waals surface area contributed by atoms with Crippen LogP contribution in [0.15, 0.2) is 35.2 Å². The van der Waals surface area contributed by atoms with E-state index in [1.54, 1.807) is 17.5 Å².